The van der Waals surface area contributed by atoms with Crippen LogP contribution in [0.3, 0.4) is 0 Å². The van der Waals surface area contributed by atoms with Crippen LogP contribution in [0.15, 0.2) is 54.7 Å². The summed E-state index contributed by atoms with van der Waals surface area (Å²) in [6, 6.07) is 13.7. The Morgan fingerprint density at radius 2 is 1.82 bits per heavy atom. The zero-order valence-electron chi connectivity index (χ0n) is 15.6. The van der Waals surface area contributed by atoms with Crippen molar-refractivity contribution >= 4 is 16.8 Å². The first-order chi connectivity index (χ1) is 13.6. The van der Waals surface area contributed by atoms with Crippen LogP contribution in [-0.4, -0.2) is 16.4 Å². The van der Waals surface area contributed by atoms with Crippen LogP contribution < -0.4 is 5.32 Å². The largest absolute Gasteiger partial charge is 0.346 e. The Kier molecular flexibility index (Phi) is 5.07. The van der Waals surface area contributed by atoms with Crippen LogP contribution in [0.1, 0.15) is 48.0 Å². The minimum Gasteiger partial charge on any atom is -0.346 e. The van der Waals surface area contributed by atoms with Gasteiger partial charge < -0.3 is 5.32 Å². The molecule has 0 atom stereocenters. The van der Waals surface area contributed by atoms with Gasteiger partial charge in [-0.25, -0.2) is 8.78 Å². The number of rotatable bonds is 4. The van der Waals surface area contributed by atoms with Crippen LogP contribution in [0.2, 0.25) is 0 Å². The van der Waals surface area contributed by atoms with Crippen LogP contribution in [0.25, 0.3) is 10.9 Å². The number of carbonyl (C=O) groups excluding carboxylic acids is 1. The van der Waals surface area contributed by atoms with Crippen molar-refractivity contribution < 1.29 is 13.6 Å². The molecular weight excluding hydrogens is 358 g/mol. The quantitative estimate of drug-likeness (QED) is 0.677. The van der Waals surface area contributed by atoms with E-state index in [0.29, 0.717) is 11.1 Å². The summed E-state index contributed by atoms with van der Waals surface area (Å²) in [6.45, 7) is 0. The van der Waals surface area contributed by atoms with Crippen LogP contribution in [0.4, 0.5) is 8.78 Å². The van der Waals surface area contributed by atoms with E-state index in [1.165, 1.54) is 6.07 Å². The maximum atomic E-state index is 14.3. The van der Waals surface area contributed by atoms with Gasteiger partial charge in [-0.1, -0.05) is 49.6 Å². The topological polar surface area (TPSA) is 42.0 Å². The third-order valence-electron chi connectivity index (χ3n) is 5.60. The van der Waals surface area contributed by atoms with Crippen molar-refractivity contribution in [2.45, 2.75) is 44.1 Å². The van der Waals surface area contributed by atoms with Crippen molar-refractivity contribution in [1.29, 1.82) is 0 Å². The predicted molar refractivity (Wildman–Crippen MR) is 105 cm³/mol. The van der Waals surface area contributed by atoms with E-state index in [0.717, 1.165) is 49.1 Å². The van der Waals surface area contributed by atoms with E-state index in [9.17, 15) is 13.6 Å². The van der Waals surface area contributed by atoms with Gasteiger partial charge in [0.15, 0.2) is 11.6 Å². The minimum atomic E-state index is -0.853. The average molecular weight is 380 g/mol. The Morgan fingerprint density at radius 1 is 1.04 bits per heavy atom. The standard InChI is InChI=1S/C23H22F2N2O/c24-19-9-6-8-17(21(19)25)14-23(11-4-1-5-12-23)27-22(28)18-13-16-7-2-3-10-20(16)26-15-18/h2-3,6-10,13,15H,1,4-5,11-12,14H2,(H,27,28). The lowest BCUT2D eigenvalue weighted by molar-refractivity contribution is 0.0867. The summed E-state index contributed by atoms with van der Waals surface area (Å²) in [6.07, 6.45) is 6.33. The third kappa shape index (κ3) is 3.75. The Morgan fingerprint density at radius 3 is 2.64 bits per heavy atom. The highest BCUT2D eigenvalue weighted by molar-refractivity contribution is 5.97. The maximum absolute atomic E-state index is 14.3. The van der Waals surface area contributed by atoms with Crippen LogP contribution in [-0.2, 0) is 6.42 Å². The molecule has 144 valence electrons. The fraction of sp³-hybridized carbons (Fsp3) is 0.304. The number of carbonyl (C=O) groups is 1. The van der Waals surface area contributed by atoms with Gasteiger partial charge in [-0.3, -0.25) is 9.78 Å². The number of para-hydroxylation sites is 1. The van der Waals surface area contributed by atoms with E-state index in [1.807, 2.05) is 30.3 Å². The highest BCUT2D eigenvalue weighted by Crippen LogP contribution is 2.33. The number of amides is 1. The molecule has 2 aromatic carbocycles. The molecule has 3 aromatic rings. The van der Waals surface area contributed by atoms with Crippen molar-refractivity contribution in [2.75, 3.05) is 0 Å². The van der Waals surface area contributed by atoms with Crippen molar-refractivity contribution in [3.05, 3.63) is 77.5 Å². The first-order valence-electron chi connectivity index (χ1n) is 9.67. The summed E-state index contributed by atoms with van der Waals surface area (Å²) < 4.78 is 27.9. The van der Waals surface area contributed by atoms with Crippen molar-refractivity contribution in [2.24, 2.45) is 0 Å². The summed E-state index contributed by atoms with van der Waals surface area (Å²) in [5, 5.41) is 4.03. The van der Waals surface area contributed by atoms with Crippen molar-refractivity contribution in [3.8, 4) is 0 Å². The molecule has 0 bridgehead atoms. The van der Waals surface area contributed by atoms with Gasteiger partial charge in [0.1, 0.15) is 0 Å². The third-order valence-corrected chi connectivity index (χ3v) is 5.60. The lowest BCUT2D eigenvalue weighted by Gasteiger charge is -2.38. The normalized spacial score (nSPS) is 16.1. The fourth-order valence-corrected chi connectivity index (χ4v) is 4.13. The number of nitrogens with zero attached hydrogens (tertiary/aromatic N) is 1. The average Bonchev–Trinajstić information content (AvgIpc) is 2.72. The first kappa shape index (κ1) is 18.5. The van der Waals surface area contributed by atoms with Crippen LogP contribution in [0.5, 0.6) is 0 Å². The monoisotopic (exact) mass is 380 g/mol. The van der Waals surface area contributed by atoms with E-state index >= 15 is 0 Å². The second-order valence-corrected chi connectivity index (χ2v) is 7.60. The van der Waals surface area contributed by atoms with Gasteiger partial charge in [-0.2, -0.15) is 0 Å². The number of aromatic nitrogens is 1. The molecule has 0 spiro atoms. The zero-order valence-corrected chi connectivity index (χ0v) is 15.6. The molecule has 1 N–H and O–H groups in total. The fourth-order valence-electron chi connectivity index (χ4n) is 4.13. The summed E-state index contributed by atoms with van der Waals surface area (Å²) in [4.78, 5) is 17.3. The van der Waals surface area contributed by atoms with Gasteiger partial charge in [0.2, 0.25) is 0 Å². The van der Waals surface area contributed by atoms with E-state index < -0.39 is 17.2 Å². The molecule has 1 aromatic heterocycles. The SMILES string of the molecule is O=C(NC1(Cc2cccc(F)c2F)CCCCC1)c1cnc2ccccc2c1. The number of nitrogens with one attached hydrogen (secondary N) is 1. The lowest BCUT2D eigenvalue weighted by atomic mass is 9.77. The number of pyridine rings is 1. The summed E-state index contributed by atoms with van der Waals surface area (Å²) in [7, 11) is 0. The highest BCUT2D eigenvalue weighted by Gasteiger charge is 2.35. The Hall–Kier alpha value is -2.82. The molecule has 1 aliphatic carbocycles. The second-order valence-electron chi connectivity index (χ2n) is 7.60. The van der Waals surface area contributed by atoms with Gasteiger partial charge >= 0.3 is 0 Å². The Labute approximate surface area is 162 Å². The van der Waals surface area contributed by atoms with E-state index in [4.69, 9.17) is 0 Å². The lowest BCUT2D eigenvalue weighted by Crippen LogP contribution is -2.51. The molecule has 28 heavy (non-hydrogen) atoms. The summed E-state index contributed by atoms with van der Waals surface area (Å²) in [5.41, 5.74) is 1.03. The molecule has 1 amide bonds. The molecule has 4 rings (SSSR count). The smallest absolute Gasteiger partial charge is 0.253 e. The van der Waals surface area contributed by atoms with Crippen molar-refractivity contribution in [1.82, 2.24) is 10.3 Å². The molecular formula is C23H22F2N2O. The van der Waals surface area contributed by atoms with Crippen LogP contribution >= 0.6 is 0 Å². The molecule has 0 aliphatic heterocycles. The number of hydrogen-bond donors (Lipinski definition) is 1. The number of fused-ring (bicyclic) bond motifs is 1. The second kappa shape index (κ2) is 7.66. The molecule has 0 unspecified atom stereocenters. The Bertz CT molecular complexity index is 1010. The number of benzene rings is 2. The maximum Gasteiger partial charge on any atom is 0.253 e. The molecule has 1 saturated carbocycles. The van der Waals surface area contributed by atoms with E-state index in [2.05, 4.69) is 10.3 Å². The number of hydrogen-bond acceptors (Lipinski definition) is 2. The van der Waals surface area contributed by atoms with E-state index in [1.54, 1.807) is 12.3 Å². The molecule has 3 nitrogen and oxygen atoms in total. The molecule has 0 radical (unpaired) electrons. The molecule has 1 heterocycles. The zero-order chi connectivity index (χ0) is 19.6. The van der Waals surface area contributed by atoms with Gasteiger partial charge in [0.05, 0.1) is 11.1 Å². The first-order valence-corrected chi connectivity index (χ1v) is 9.67. The number of halogens is 2. The highest BCUT2D eigenvalue weighted by atomic mass is 19.2. The van der Waals surface area contributed by atoms with Gasteiger partial charge in [0.25, 0.3) is 5.91 Å². The van der Waals surface area contributed by atoms with Gasteiger partial charge in [0, 0.05) is 17.1 Å². The van der Waals surface area contributed by atoms with Gasteiger partial charge in [-0.05, 0) is 43.0 Å². The Balaban J connectivity index is 1.61. The molecule has 5 heteroatoms. The molecule has 1 aliphatic rings. The van der Waals surface area contributed by atoms with E-state index in [-0.39, 0.29) is 12.3 Å². The summed E-state index contributed by atoms with van der Waals surface area (Å²) in [5.74, 6) is -1.90. The van der Waals surface area contributed by atoms with Crippen LogP contribution in [0, 0.1) is 11.6 Å². The minimum absolute atomic E-state index is 0.225. The van der Waals surface area contributed by atoms with Crippen molar-refractivity contribution in [3.63, 3.8) is 0 Å². The van der Waals surface area contributed by atoms with Gasteiger partial charge in [-0.15, -0.1) is 0 Å². The molecule has 0 saturated heterocycles. The molecule has 1 fully saturated rings. The summed E-state index contributed by atoms with van der Waals surface area (Å²) >= 11 is 0. The predicted octanol–water partition coefficient (Wildman–Crippen LogP) is 5.19.